The molecule has 0 fully saturated rings. The van der Waals surface area contributed by atoms with Gasteiger partial charge >= 0.3 is 11.7 Å². The van der Waals surface area contributed by atoms with Crippen molar-refractivity contribution in [2.24, 2.45) is 11.1 Å². The van der Waals surface area contributed by atoms with Crippen LogP contribution in [0.15, 0.2) is 47.2 Å². The van der Waals surface area contributed by atoms with Gasteiger partial charge in [0.25, 0.3) is 5.88 Å². The summed E-state index contributed by atoms with van der Waals surface area (Å²) < 4.78 is 10.5. The van der Waals surface area contributed by atoms with Crippen LogP contribution in [0.4, 0.5) is 0 Å². The number of benzene rings is 1. The maximum Gasteiger partial charge on any atom is 0.338 e. The van der Waals surface area contributed by atoms with Gasteiger partial charge < -0.3 is 15.2 Å². The Labute approximate surface area is 162 Å². The first kappa shape index (κ1) is 19.6. The van der Waals surface area contributed by atoms with E-state index < -0.39 is 16.8 Å². The highest BCUT2D eigenvalue weighted by Gasteiger charge is 2.47. The number of ether oxygens (including phenoxy) is 2. The van der Waals surface area contributed by atoms with E-state index >= 15 is 0 Å². The molecular formula is C20H22N2O6. The van der Waals surface area contributed by atoms with E-state index in [0.717, 1.165) is 0 Å². The van der Waals surface area contributed by atoms with Crippen LogP contribution in [0.5, 0.6) is 0 Å². The summed E-state index contributed by atoms with van der Waals surface area (Å²) in [7, 11) is 0. The van der Waals surface area contributed by atoms with Crippen LogP contribution in [0.1, 0.15) is 55.5 Å². The lowest BCUT2D eigenvalue weighted by Crippen LogP contribution is -2.35. The standard InChI is InChI=1S/C20H22N2O6/c1-4-27-19(24)12-7-5-11(6-8-12)15-16-13(23)9-20(2,3)10-14(16)28-18(21)17(15)22(25)26/h5-8,15H,4,9-10,21H2,1-3H3/t15-/m1/s1. The summed E-state index contributed by atoms with van der Waals surface area (Å²) in [5.74, 6) is -1.56. The highest BCUT2D eigenvalue weighted by molar-refractivity contribution is 5.99. The fourth-order valence-electron chi connectivity index (χ4n) is 3.70. The number of nitrogens with zero attached hydrogens (tertiary/aromatic N) is 1. The number of carbonyl (C=O) groups excluding carboxylic acids is 2. The van der Waals surface area contributed by atoms with E-state index in [-0.39, 0.29) is 41.4 Å². The molecule has 0 amide bonds. The molecule has 1 aliphatic heterocycles. The number of nitro groups is 1. The average molecular weight is 386 g/mol. The minimum Gasteiger partial charge on any atom is -0.462 e. The number of nitrogens with two attached hydrogens (primary N) is 1. The monoisotopic (exact) mass is 386 g/mol. The SMILES string of the molecule is CCOC(=O)c1ccc([C@@H]2C3=C(CC(C)(C)CC3=O)OC(N)=C2[N+](=O)[O-])cc1. The first-order valence-electron chi connectivity index (χ1n) is 9.00. The van der Waals surface area contributed by atoms with Crippen LogP contribution in [0.3, 0.4) is 0 Å². The van der Waals surface area contributed by atoms with Crippen molar-refractivity contribution in [3.63, 3.8) is 0 Å². The van der Waals surface area contributed by atoms with E-state index in [1.165, 1.54) is 12.1 Å². The largest absolute Gasteiger partial charge is 0.462 e. The van der Waals surface area contributed by atoms with Gasteiger partial charge in [0.05, 0.1) is 22.7 Å². The van der Waals surface area contributed by atoms with Crippen LogP contribution in [-0.4, -0.2) is 23.3 Å². The summed E-state index contributed by atoms with van der Waals surface area (Å²) in [5, 5.41) is 11.7. The smallest absolute Gasteiger partial charge is 0.338 e. The lowest BCUT2D eigenvalue weighted by atomic mass is 9.71. The van der Waals surface area contributed by atoms with Gasteiger partial charge in [0.1, 0.15) is 11.7 Å². The fourth-order valence-corrected chi connectivity index (χ4v) is 3.70. The molecule has 1 aliphatic carbocycles. The number of Topliss-reactive ketones (excluding diaryl/α,β-unsaturated/α-hetero) is 1. The topological polar surface area (TPSA) is 122 Å². The minimum absolute atomic E-state index is 0.197. The third-order valence-electron chi connectivity index (χ3n) is 4.88. The Morgan fingerprint density at radius 3 is 2.54 bits per heavy atom. The predicted octanol–water partition coefficient (Wildman–Crippen LogP) is 3.02. The Morgan fingerprint density at radius 1 is 1.32 bits per heavy atom. The van der Waals surface area contributed by atoms with Gasteiger partial charge in [-0.25, -0.2) is 4.79 Å². The van der Waals surface area contributed by atoms with Crippen molar-refractivity contribution in [1.82, 2.24) is 0 Å². The van der Waals surface area contributed by atoms with Gasteiger partial charge in [-0.05, 0) is 30.0 Å². The van der Waals surface area contributed by atoms with Crippen LogP contribution in [0.2, 0.25) is 0 Å². The number of carbonyl (C=O) groups is 2. The zero-order valence-corrected chi connectivity index (χ0v) is 16.0. The number of hydrogen-bond donors (Lipinski definition) is 1. The summed E-state index contributed by atoms with van der Waals surface area (Å²) >= 11 is 0. The maximum absolute atomic E-state index is 12.9. The Kier molecular flexibility index (Phi) is 4.97. The Bertz CT molecular complexity index is 911. The lowest BCUT2D eigenvalue weighted by Gasteiger charge is -2.36. The number of rotatable bonds is 4. The second-order valence-corrected chi connectivity index (χ2v) is 7.66. The van der Waals surface area contributed by atoms with Crippen LogP contribution < -0.4 is 5.73 Å². The molecule has 1 aromatic rings. The number of ketones is 1. The van der Waals surface area contributed by atoms with Crippen LogP contribution >= 0.6 is 0 Å². The summed E-state index contributed by atoms with van der Waals surface area (Å²) in [5.41, 5.74) is 6.26. The molecule has 0 spiro atoms. The maximum atomic E-state index is 12.9. The molecule has 0 saturated carbocycles. The van der Waals surface area contributed by atoms with E-state index in [0.29, 0.717) is 23.3 Å². The molecule has 148 valence electrons. The van der Waals surface area contributed by atoms with Crippen molar-refractivity contribution in [2.75, 3.05) is 6.61 Å². The molecule has 3 rings (SSSR count). The van der Waals surface area contributed by atoms with E-state index in [9.17, 15) is 19.7 Å². The Balaban J connectivity index is 2.09. The molecule has 1 atom stereocenters. The van der Waals surface area contributed by atoms with E-state index in [4.69, 9.17) is 15.2 Å². The number of hydrogen-bond acceptors (Lipinski definition) is 7. The molecule has 1 heterocycles. The van der Waals surface area contributed by atoms with Crippen molar-refractivity contribution in [2.45, 2.75) is 39.5 Å². The third-order valence-corrected chi connectivity index (χ3v) is 4.88. The van der Waals surface area contributed by atoms with Gasteiger partial charge in [0, 0.05) is 12.8 Å². The first-order chi connectivity index (χ1) is 13.1. The average Bonchev–Trinajstić information content (AvgIpc) is 2.59. The lowest BCUT2D eigenvalue weighted by molar-refractivity contribution is -0.433. The second kappa shape index (κ2) is 7.10. The Morgan fingerprint density at radius 2 is 1.96 bits per heavy atom. The zero-order chi connectivity index (χ0) is 20.6. The van der Waals surface area contributed by atoms with Gasteiger partial charge in [-0.15, -0.1) is 0 Å². The number of esters is 1. The molecule has 1 aromatic carbocycles. The minimum atomic E-state index is -0.946. The van der Waals surface area contributed by atoms with Crippen LogP contribution in [-0.2, 0) is 14.3 Å². The summed E-state index contributed by atoms with van der Waals surface area (Å²) in [6.07, 6.45) is 0.717. The van der Waals surface area contributed by atoms with E-state index in [2.05, 4.69) is 0 Å². The van der Waals surface area contributed by atoms with Gasteiger partial charge in [0.15, 0.2) is 5.78 Å². The van der Waals surface area contributed by atoms with Crippen LogP contribution in [0, 0.1) is 15.5 Å². The molecule has 8 nitrogen and oxygen atoms in total. The quantitative estimate of drug-likeness (QED) is 0.479. The van der Waals surface area contributed by atoms with Crippen molar-refractivity contribution >= 4 is 11.8 Å². The molecule has 2 N–H and O–H groups in total. The molecule has 8 heteroatoms. The van der Waals surface area contributed by atoms with E-state index in [1.807, 2.05) is 13.8 Å². The second-order valence-electron chi connectivity index (χ2n) is 7.66. The molecule has 28 heavy (non-hydrogen) atoms. The van der Waals surface area contributed by atoms with Crippen LogP contribution in [0.25, 0.3) is 0 Å². The molecule has 0 radical (unpaired) electrons. The first-order valence-corrected chi connectivity index (χ1v) is 9.00. The molecule has 0 bridgehead atoms. The molecule has 0 saturated heterocycles. The normalized spacial score (nSPS) is 21.1. The fraction of sp³-hybridized carbons (Fsp3) is 0.400. The number of allylic oxidation sites excluding steroid dienone is 2. The van der Waals surface area contributed by atoms with Crippen molar-refractivity contribution in [3.05, 3.63) is 68.4 Å². The van der Waals surface area contributed by atoms with Gasteiger partial charge in [0.2, 0.25) is 0 Å². The molecule has 0 aromatic heterocycles. The molecular weight excluding hydrogens is 364 g/mol. The molecule has 0 unspecified atom stereocenters. The van der Waals surface area contributed by atoms with Crippen molar-refractivity contribution in [1.29, 1.82) is 0 Å². The van der Waals surface area contributed by atoms with E-state index in [1.54, 1.807) is 19.1 Å². The van der Waals surface area contributed by atoms with Gasteiger partial charge in [-0.2, -0.15) is 0 Å². The predicted molar refractivity (Wildman–Crippen MR) is 99.5 cm³/mol. The highest BCUT2D eigenvalue weighted by Crippen LogP contribution is 2.48. The van der Waals surface area contributed by atoms with Crippen molar-refractivity contribution in [3.8, 4) is 0 Å². The highest BCUT2D eigenvalue weighted by atomic mass is 16.6. The van der Waals surface area contributed by atoms with Gasteiger partial charge in [-0.1, -0.05) is 26.0 Å². The van der Waals surface area contributed by atoms with Crippen molar-refractivity contribution < 1.29 is 24.0 Å². The molecule has 2 aliphatic rings. The Hall–Kier alpha value is -3.16. The third kappa shape index (κ3) is 3.49. The summed E-state index contributed by atoms with van der Waals surface area (Å²) in [6, 6.07) is 6.20. The van der Waals surface area contributed by atoms with Gasteiger partial charge in [-0.3, -0.25) is 14.9 Å². The summed E-state index contributed by atoms with van der Waals surface area (Å²) in [4.78, 5) is 35.8. The summed E-state index contributed by atoms with van der Waals surface area (Å²) in [6.45, 7) is 5.81. The zero-order valence-electron chi connectivity index (χ0n) is 16.0.